The van der Waals surface area contributed by atoms with Crippen LogP contribution in [0.1, 0.15) is 27.6 Å². The Morgan fingerprint density at radius 3 is 2.53 bits per heavy atom. The van der Waals surface area contributed by atoms with Crippen LogP contribution in [0.4, 0.5) is 0 Å². The molecule has 3 rings (SSSR count). The zero-order valence-corrected chi connectivity index (χ0v) is 10.0. The Kier molecular flexibility index (Phi) is 2.63. The summed E-state index contributed by atoms with van der Waals surface area (Å²) in [5.41, 5.74) is 1.91. The number of hydrogen-bond donors (Lipinski definition) is 2. The van der Waals surface area contributed by atoms with Crippen LogP contribution in [0.3, 0.4) is 0 Å². The van der Waals surface area contributed by atoms with Crippen LogP contribution in [0.15, 0.2) is 42.5 Å². The van der Waals surface area contributed by atoms with E-state index >= 15 is 0 Å². The average Bonchev–Trinajstić information content (AvgIpc) is 2.70. The third-order valence-electron chi connectivity index (χ3n) is 3.23. The first-order valence-electron chi connectivity index (χ1n) is 5.96. The van der Waals surface area contributed by atoms with Crippen molar-refractivity contribution in [1.29, 1.82) is 0 Å². The molecule has 0 spiro atoms. The summed E-state index contributed by atoms with van der Waals surface area (Å²) < 4.78 is 5.29. The van der Waals surface area contributed by atoms with Gasteiger partial charge in [0.2, 0.25) is 0 Å². The maximum Gasteiger partial charge on any atom is 0.342 e. The van der Waals surface area contributed by atoms with Gasteiger partial charge in [-0.1, -0.05) is 24.3 Å². The molecule has 0 bridgehead atoms. The standard InChI is InChI=1S/C15H12O4/c16-10-6-4-9(5-7-10)8-13-11-2-1-3-12(17)14(11)15(18)19-13/h1-7,13,16-17H,8H2. The smallest absolute Gasteiger partial charge is 0.342 e. The number of carbonyl (C=O) groups excluding carboxylic acids is 1. The minimum absolute atomic E-state index is 0.0456. The SMILES string of the molecule is O=C1OC(Cc2ccc(O)cc2)c2cccc(O)c21. The second-order valence-electron chi connectivity index (χ2n) is 4.51. The summed E-state index contributed by atoms with van der Waals surface area (Å²) >= 11 is 0. The molecule has 1 aliphatic rings. The topological polar surface area (TPSA) is 66.8 Å². The quantitative estimate of drug-likeness (QED) is 0.810. The Hall–Kier alpha value is -2.49. The lowest BCUT2D eigenvalue weighted by Gasteiger charge is -2.10. The van der Waals surface area contributed by atoms with E-state index in [9.17, 15) is 15.0 Å². The summed E-state index contributed by atoms with van der Waals surface area (Å²) in [7, 11) is 0. The first kappa shape index (κ1) is 11.6. The van der Waals surface area contributed by atoms with Gasteiger partial charge in [0, 0.05) is 12.0 Å². The van der Waals surface area contributed by atoms with Crippen LogP contribution < -0.4 is 0 Å². The third-order valence-corrected chi connectivity index (χ3v) is 3.23. The second kappa shape index (κ2) is 4.31. The summed E-state index contributed by atoms with van der Waals surface area (Å²) in [6.07, 6.45) is 0.127. The van der Waals surface area contributed by atoms with E-state index < -0.39 is 5.97 Å². The minimum Gasteiger partial charge on any atom is -0.508 e. The van der Waals surface area contributed by atoms with Crippen molar-refractivity contribution in [1.82, 2.24) is 0 Å². The van der Waals surface area contributed by atoms with Crippen LogP contribution in [0, 0.1) is 0 Å². The lowest BCUT2D eigenvalue weighted by atomic mass is 9.99. The number of ether oxygens (including phenoxy) is 1. The maximum atomic E-state index is 11.7. The van der Waals surface area contributed by atoms with Gasteiger partial charge in [-0.3, -0.25) is 0 Å². The fourth-order valence-corrected chi connectivity index (χ4v) is 2.30. The van der Waals surface area contributed by atoms with Crippen molar-refractivity contribution in [3.8, 4) is 11.5 Å². The summed E-state index contributed by atoms with van der Waals surface area (Å²) in [5.74, 6) is -0.335. The first-order valence-corrected chi connectivity index (χ1v) is 5.96. The summed E-state index contributed by atoms with van der Waals surface area (Å²) in [6, 6.07) is 11.7. The van der Waals surface area contributed by atoms with Crippen molar-refractivity contribution < 1.29 is 19.7 Å². The minimum atomic E-state index is -0.489. The molecule has 0 saturated heterocycles. The molecule has 1 atom stereocenters. The lowest BCUT2D eigenvalue weighted by Crippen LogP contribution is -2.02. The van der Waals surface area contributed by atoms with E-state index in [4.69, 9.17) is 4.74 Å². The zero-order valence-electron chi connectivity index (χ0n) is 10.0. The molecule has 0 saturated carbocycles. The van der Waals surface area contributed by atoms with Crippen LogP contribution in [-0.4, -0.2) is 16.2 Å². The van der Waals surface area contributed by atoms with E-state index in [2.05, 4.69) is 0 Å². The van der Waals surface area contributed by atoms with Crippen molar-refractivity contribution in [3.05, 3.63) is 59.2 Å². The number of carbonyl (C=O) groups is 1. The van der Waals surface area contributed by atoms with Crippen LogP contribution in [-0.2, 0) is 11.2 Å². The monoisotopic (exact) mass is 256 g/mol. The van der Waals surface area contributed by atoms with Gasteiger partial charge in [0.05, 0.1) is 0 Å². The molecule has 4 heteroatoms. The maximum absolute atomic E-state index is 11.7. The number of cyclic esters (lactones) is 1. The van der Waals surface area contributed by atoms with Gasteiger partial charge in [0.25, 0.3) is 0 Å². The number of hydrogen-bond acceptors (Lipinski definition) is 4. The van der Waals surface area contributed by atoms with E-state index in [1.807, 2.05) is 0 Å². The number of phenols is 2. The van der Waals surface area contributed by atoms with Gasteiger partial charge in [-0.15, -0.1) is 0 Å². The van der Waals surface area contributed by atoms with E-state index in [1.54, 1.807) is 36.4 Å². The number of esters is 1. The first-order chi connectivity index (χ1) is 9.15. The number of benzene rings is 2. The Labute approximate surface area is 109 Å². The highest BCUT2D eigenvalue weighted by molar-refractivity contribution is 5.96. The van der Waals surface area contributed by atoms with Gasteiger partial charge in [-0.2, -0.15) is 0 Å². The summed E-state index contributed by atoms with van der Waals surface area (Å²) in [5, 5.41) is 18.9. The third kappa shape index (κ3) is 2.01. The van der Waals surface area contributed by atoms with Gasteiger partial charge in [0.15, 0.2) is 0 Å². The van der Waals surface area contributed by atoms with Crippen LogP contribution in [0.5, 0.6) is 11.5 Å². The highest BCUT2D eigenvalue weighted by atomic mass is 16.5. The van der Waals surface area contributed by atoms with Crippen molar-refractivity contribution in [2.24, 2.45) is 0 Å². The molecule has 2 N–H and O–H groups in total. The number of phenolic OH excluding ortho intramolecular Hbond substituents is 2. The second-order valence-corrected chi connectivity index (χ2v) is 4.51. The fraction of sp³-hybridized carbons (Fsp3) is 0.133. The fourth-order valence-electron chi connectivity index (χ4n) is 2.30. The highest BCUT2D eigenvalue weighted by Crippen LogP contribution is 2.37. The zero-order chi connectivity index (χ0) is 13.4. The Morgan fingerprint density at radius 2 is 1.79 bits per heavy atom. The summed E-state index contributed by atoms with van der Waals surface area (Å²) in [4.78, 5) is 11.7. The molecule has 0 amide bonds. The van der Waals surface area contributed by atoms with Gasteiger partial charge < -0.3 is 14.9 Å². The van der Waals surface area contributed by atoms with E-state index in [1.165, 1.54) is 6.07 Å². The Balaban J connectivity index is 1.91. The van der Waals surface area contributed by atoms with Crippen molar-refractivity contribution >= 4 is 5.97 Å². The molecule has 4 nitrogen and oxygen atoms in total. The van der Waals surface area contributed by atoms with Crippen molar-refractivity contribution in [2.75, 3.05) is 0 Å². The van der Waals surface area contributed by atoms with Crippen LogP contribution >= 0.6 is 0 Å². The van der Waals surface area contributed by atoms with Gasteiger partial charge in [-0.05, 0) is 23.8 Å². The Bertz CT molecular complexity index is 631. The molecule has 2 aromatic carbocycles. The average molecular weight is 256 g/mol. The Morgan fingerprint density at radius 1 is 1.05 bits per heavy atom. The molecule has 96 valence electrons. The predicted molar refractivity (Wildman–Crippen MR) is 68.1 cm³/mol. The van der Waals surface area contributed by atoms with Crippen molar-refractivity contribution in [3.63, 3.8) is 0 Å². The van der Waals surface area contributed by atoms with Crippen LogP contribution in [0.25, 0.3) is 0 Å². The normalized spacial score (nSPS) is 17.1. The molecule has 0 fully saturated rings. The summed E-state index contributed by atoms with van der Waals surface area (Å²) in [6.45, 7) is 0. The molecule has 1 unspecified atom stereocenters. The molecule has 2 aromatic rings. The molecular formula is C15H12O4. The molecule has 0 aliphatic carbocycles. The highest BCUT2D eigenvalue weighted by Gasteiger charge is 2.33. The van der Waals surface area contributed by atoms with Gasteiger partial charge in [0.1, 0.15) is 23.2 Å². The van der Waals surface area contributed by atoms with Gasteiger partial charge >= 0.3 is 5.97 Å². The number of rotatable bonds is 2. The van der Waals surface area contributed by atoms with Gasteiger partial charge in [-0.25, -0.2) is 4.79 Å². The molecule has 19 heavy (non-hydrogen) atoms. The number of fused-ring (bicyclic) bond motifs is 1. The number of aromatic hydroxyl groups is 2. The van der Waals surface area contributed by atoms with Crippen molar-refractivity contribution in [2.45, 2.75) is 12.5 Å². The molecule has 0 radical (unpaired) electrons. The largest absolute Gasteiger partial charge is 0.508 e. The lowest BCUT2D eigenvalue weighted by molar-refractivity contribution is 0.0385. The molecule has 0 aromatic heterocycles. The molecule has 1 aliphatic heterocycles. The van der Waals surface area contributed by atoms with E-state index in [0.29, 0.717) is 12.0 Å². The predicted octanol–water partition coefficient (Wildman–Crippen LogP) is 2.55. The molecule has 1 heterocycles. The van der Waals surface area contributed by atoms with E-state index in [-0.39, 0.29) is 23.2 Å². The molecular weight excluding hydrogens is 244 g/mol. The van der Waals surface area contributed by atoms with Crippen LogP contribution in [0.2, 0.25) is 0 Å². The van der Waals surface area contributed by atoms with E-state index in [0.717, 1.165) is 5.56 Å².